The number of hydrogen-bond acceptors (Lipinski definition) is 2. The maximum Gasteiger partial charge on any atom is 0.214 e. The van der Waals surface area contributed by atoms with Crippen molar-refractivity contribution in [1.29, 1.82) is 0 Å². The second-order valence-electron chi connectivity index (χ2n) is 1.97. The van der Waals surface area contributed by atoms with E-state index in [0.29, 0.717) is 5.88 Å². The summed E-state index contributed by atoms with van der Waals surface area (Å²) in [5, 5.41) is 0. The predicted octanol–water partition coefficient (Wildman–Crippen LogP) is 2.16. The third-order valence-electron chi connectivity index (χ3n) is 1.10. The second kappa shape index (κ2) is 3.01. The molecular formula is C7H8BrNO. The summed E-state index contributed by atoms with van der Waals surface area (Å²) in [5.41, 5.74) is 0.950. The first kappa shape index (κ1) is 7.54. The molecule has 1 heterocycles. The molecule has 0 saturated heterocycles. The lowest BCUT2D eigenvalue weighted by Gasteiger charge is -1.99. The topological polar surface area (TPSA) is 22.1 Å². The molecule has 0 fully saturated rings. The van der Waals surface area contributed by atoms with Crippen molar-refractivity contribution in [3.8, 4) is 5.88 Å². The molecule has 0 saturated carbocycles. The first-order valence-corrected chi connectivity index (χ1v) is 3.70. The van der Waals surface area contributed by atoms with E-state index in [9.17, 15) is 0 Å². The minimum atomic E-state index is 0.645. The van der Waals surface area contributed by atoms with Crippen LogP contribution in [0.1, 0.15) is 5.69 Å². The molecule has 0 aliphatic heterocycles. The molecule has 0 amide bonds. The third kappa shape index (κ3) is 1.70. The van der Waals surface area contributed by atoms with Gasteiger partial charge in [-0.2, -0.15) is 0 Å². The van der Waals surface area contributed by atoms with Crippen LogP contribution in [0.2, 0.25) is 0 Å². The van der Waals surface area contributed by atoms with Gasteiger partial charge in [-0.1, -0.05) is 15.9 Å². The van der Waals surface area contributed by atoms with E-state index in [0.717, 1.165) is 10.2 Å². The Hall–Kier alpha value is -0.570. The van der Waals surface area contributed by atoms with Gasteiger partial charge < -0.3 is 4.74 Å². The molecule has 0 radical (unpaired) electrons. The number of aromatic nitrogens is 1. The fourth-order valence-electron chi connectivity index (χ4n) is 0.702. The van der Waals surface area contributed by atoms with Crippen LogP contribution in [0.5, 0.6) is 5.88 Å². The van der Waals surface area contributed by atoms with Crippen molar-refractivity contribution < 1.29 is 4.74 Å². The van der Waals surface area contributed by atoms with Crippen LogP contribution < -0.4 is 4.74 Å². The van der Waals surface area contributed by atoms with E-state index in [4.69, 9.17) is 4.74 Å². The van der Waals surface area contributed by atoms with E-state index in [1.807, 2.05) is 19.1 Å². The van der Waals surface area contributed by atoms with Crippen LogP contribution in [0.3, 0.4) is 0 Å². The highest BCUT2D eigenvalue weighted by atomic mass is 79.9. The molecule has 0 bridgehead atoms. The summed E-state index contributed by atoms with van der Waals surface area (Å²) >= 11 is 3.33. The maximum absolute atomic E-state index is 4.93. The Morgan fingerprint density at radius 3 is 2.70 bits per heavy atom. The average molecular weight is 202 g/mol. The maximum atomic E-state index is 4.93. The number of hydrogen-bond donors (Lipinski definition) is 0. The van der Waals surface area contributed by atoms with E-state index < -0.39 is 0 Å². The molecule has 0 aromatic carbocycles. The van der Waals surface area contributed by atoms with E-state index in [1.165, 1.54) is 0 Å². The standard InChI is InChI=1S/C7H8BrNO/c1-5-3-6(8)4-7(9-5)10-2/h3-4H,1-2H3. The number of methoxy groups -OCH3 is 1. The van der Waals surface area contributed by atoms with Crippen molar-refractivity contribution >= 4 is 15.9 Å². The van der Waals surface area contributed by atoms with Crippen LogP contribution in [0.15, 0.2) is 16.6 Å². The minimum Gasteiger partial charge on any atom is -0.481 e. The molecule has 1 aromatic rings. The molecule has 0 aliphatic rings. The number of aryl methyl sites for hydroxylation is 1. The van der Waals surface area contributed by atoms with E-state index >= 15 is 0 Å². The van der Waals surface area contributed by atoms with E-state index in [-0.39, 0.29) is 0 Å². The molecule has 0 N–H and O–H groups in total. The molecule has 1 rings (SSSR count). The number of rotatable bonds is 1. The smallest absolute Gasteiger partial charge is 0.214 e. The largest absolute Gasteiger partial charge is 0.481 e. The van der Waals surface area contributed by atoms with Gasteiger partial charge in [0.05, 0.1) is 7.11 Å². The van der Waals surface area contributed by atoms with Crippen LogP contribution in [-0.4, -0.2) is 12.1 Å². The highest BCUT2D eigenvalue weighted by Gasteiger charge is 1.95. The van der Waals surface area contributed by atoms with Gasteiger partial charge in [-0.3, -0.25) is 0 Å². The summed E-state index contributed by atoms with van der Waals surface area (Å²) in [6.45, 7) is 1.92. The lowest BCUT2D eigenvalue weighted by molar-refractivity contribution is 0.396. The zero-order chi connectivity index (χ0) is 7.56. The van der Waals surface area contributed by atoms with Crippen LogP contribution >= 0.6 is 15.9 Å². The zero-order valence-electron chi connectivity index (χ0n) is 5.89. The number of nitrogens with zero attached hydrogens (tertiary/aromatic N) is 1. The Balaban J connectivity index is 3.06. The van der Waals surface area contributed by atoms with Gasteiger partial charge in [0, 0.05) is 16.2 Å². The van der Waals surface area contributed by atoms with Gasteiger partial charge in [0.15, 0.2) is 0 Å². The SMILES string of the molecule is COc1cc(Br)cc(C)n1. The van der Waals surface area contributed by atoms with Crippen LogP contribution in [0.4, 0.5) is 0 Å². The van der Waals surface area contributed by atoms with E-state index in [2.05, 4.69) is 20.9 Å². The first-order chi connectivity index (χ1) is 4.72. The molecular weight excluding hydrogens is 194 g/mol. The summed E-state index contributed by atoms with van der Waals surface area (Å²) in [6, 6.07) is 3.76. The summed E-state index contributed by atoms with van der Waals surface area (Å²) in [5.74, 6) is 0.645. The van der Waals surface area contributed by atoms with E-state index in [1.54, 1.807) is 7.11 Å². The Labute approximate surface area is 68.4 Å². The summed E-state index contributed by atoms with van der Waals surface area (Å²) in [6.07, 6.45) is 0. The van der Waals surface area contributed by atoms with Crippen molar-refractivity contribution in [3.05, 3.63) is 22.3 Å². The molecule has 2 nitrogen and oxygen atoms in total. The predicted molar refractivity (Wildman–Crippen MR) is 43.2 cm³/mol. The van der Waals surface area contributed by atoms with Gasteiger partial charge >= 0.3 is 0 Å². The quantitative estimate of drug-likeness (QED) is 0.696. The van der Waals surface area contributed by atoms with Crippen molar-refractivity contribution in [2.24, 2.45) is 0 Å². The second-order valence-corrected chi connectivity index (χ2v) is 2.88. The molecule has 0 spiro atoms. The molecule has 1 aromatic heterocycles. The van der Waals surface area contributed by atoms with Gasteiger partial charge in [0.25, 0.3) is 0 Å². The molecule has 0 atom stereocenters. The van der Waals surface area contributed by atoms with Crippen LogP contribution in [0, 0.1) is 6.92 Å². The van der Waals surface area contributed by atoms with Gasteiger partial charge in [-0.15, -0.1) is 0 Å². The van der Waals surface area contributed by atoms with Gasteiger partial charge in [-0.05, 0) is 13.0 Å². The normalized spacial score (nSPS) is 9.50. The average Bonchev–Trinajstić information content (AvgIpc) is 1.85. The summed E-state index contributed by atoms with van der Waals surface area (Å²) < 4.78 is 5.93. The first-order valence-electron chi connectivity index (χ1n) is 2.90. The number of ether oxygens (including phenoxy) is 1. The fraction of sp³-hybridized carbons (Fsp3) is 0.286. The Kier molecular flexibility index (Phi) is 2.27. The molecule has 0 unspecified atom stereocenters. The van der Waals surface area contributed by atoms with Gasteiger partial charge in [0.1, 0.15) is 0 Å². The van der Waals surface area contributed by atoms with Crippen molar-refractivity contribution in [1.82, 2.24) is 4.98 Å². The Morgan fingerprint density at radius 1 is 1.50 bits per heavy atom. The Bertz CT molecular complexity index is 217. The number of halogens is 1. The number of pyridine rings is 1. The molecule has 3 heteroatoms. The lowest BCUT2D eigenvalue weighted by atomic mass is 10.4. The highest BCUT2D eigenvalue weighted by Crippen LogP contribution is 2.16. The zero-order valence-corrected chi connectivity index (χ0v) is 7.47. The van der Waals surface area contributed by atoms with Gasteiger partial charge in [-0.25, -0.2) is 4.98 Å². The van der Waals surface area contributed by atoms with Crippen LogP contribution in [-0.2, 0) is 0 Å². The summed E-state index contributed by atoms with van der Waals surface area (Å²) in [7, 11) is 1.61. The highest BCUT2D eigenvalue weighted by molar-refractivity contribution is 9.10. The lowest BCUT2D eigenvalue weighted by Crippen LogP contribution is -1.88. The minimum absolute atomic E-state index is 0.645. The summed E-state index contributed by atoms with van der Waals surface area (Å²) in [4.78, 5) is 4.10. The molecule has 10 heavy (non-hydrogen) atoms. The third-order valence-corrected chi connectivity index (χ3v) is 1.56. The Morgan fingerprint density at radius 2 is 2.20 bits per heavy atom. The molecule has 54 valence electrons. The van der Waals surface area contributed by atoms with Crippen molar-refractivity contribution in [2.45, 2.75) is 6.92 Å². The van der Waals surface area contributed by atoms with Gasteiger partial charge in [0.2, 0.25) is 5.88 Å². The molecule has 0 aliphatic carbocycles. The monoisotopic (exact) mass is 201 g/mol. The fourth-order valence-corrected chi connectivity index (χ4v) is 1.23. The van der Waals surface area contributed by atoms with Crippen molar-refractivity contribution in [3.63, 3.8) is 0 Å². The van der Waals surface area contributed by atoms with Crippen LogP contribution in [0.25, 0.3) is 0 Å². The van der Waals surface area contributed by atoms with Crippen molar-refractivity contribution in [2.75, 3.05) is 7.11 Å².